The summed E-state index contributed by atoms with van der Waals surface area (Å²) in [7, 11) is 0. The van der Waals surface area contributed by atoms with Crippen molar-refractivity contribution in [3.05, 3.63) is 48.1 Å². The van der Waals surface area contributed by atoms with Gasteiger partial charge in [0, 0.05) is 12.8 Å². The fourth-order valence-corrected chi connectivity index (χ4v) is 10.9. The molecule has 1 unspecified atom stereocenters. The maximum absolute atomic E-state index is 12.8. The first-order chi connectivity index (χ1) is 22.7. The molecule has 4 aliphatic rings. The van der Waals surface area contributed by atoms with Gasteiger partial charge in [0.2, 0.25) is 0 Å². The van der Waals surface area contributed by atoms with E-state index in [-0.39, 0.29) is 12.1 Å². The summed E-state index contributed by atoms with van der Waals surface area (Å²) in [6.45, 7) is 14.8. The molecule has 0 saturated heterocycles. The Morgan fingerprint density at radius 1 is 0.830 bits per heavy atom. The number of carbonyl (C=O) groups is 1. The molecule has 0 amide bonds. The van der Waals surface area contributed by atoms with Crippen LogP contribution in [0.15, 0.2) is 48.1 Å². The first-order valence-electron chi connectivity index (χ1n) is 20.5. The lowest BCUT2D eigenvalue weighted by Gasteiger charge is -2.58. The fraction of sp³-hybridized carbons (Fsp3) is 0.800. The molecule has 0 radical (unpaired) electrons. The van der Waals surface area contributed by atoms with Crippen LogP contribution in [0.2, 0.25) is 0 Å². The highest BCUT2D eigenvalue weighted by molar-refractivity contribution is 5.69. The van der Waals surface area contributed by atoms with E-state index in [9.17, 15) is 4.79 Å². The van der Waals surface area contributed by atoms with Gasteiger partial charge in [0.15, 0.2) is 0 Å². The molecule has 47 heavy (non-hydrogen) atoms. The molecule has 0 spiro atoms. The molecule has 0 heterocycles. The zero-order valence-electron chi connectivity index (χ0n) is 31.7. The van der Waals surface area contributed by atoms with E-state index in [1.807, 2.05) is 0 Å². The van der Waals surface area contributed by atoms with Crippen molar-refractivity contribution in [1.29, 1.82) is 0 Å². The first kappa shape index (κ1) is 38.2. The van der Waals surface area contributed by atoms with Gasteiger partial charge in [-0.25, -0.2) is 0 Å². The predicted octanol–water partition coefficient (Wildman–Crippen LogP) is 13.5. The molecule has 4 aliphatic carbocycles. The molecule has 0 N–H and O–H groups in total. The molecule has 0 aromatic heterocycles. The van der Waals surface area contributed by atoms with Gasteiger partial charge in [-0.05, 0) is 130 Å². The maximum atomic E-state index is 12.8. The molecule has 0 aromatic rings. The second-order valence-electron chi connectivity index (χ2n) is 17.2. The summed E-state index contributed by atoms with van der Waals surface area (Å²) >= 11 is 0. The van der Waals surface area contributed by atoms with Crippen LogP contribution in [0, 0.1) is 46.3 Å². The molecule has 0 aromatic carbocycles. The third-order valence-corrected chi connectivity index (χ3v) is 13.6. The van der Waals surface area contributed by atoms with E-state index in [1.165, 1.54) is 83.5 Å². The maximum Gasteiger partial charge on any atom is 0.306 e. The van der Waals surface area contributed by atoms with Crippen molar-refractivity contribution in [3.8, 4) is 0 Å². The number of rotatable bonds is 19. The van der Waals surface area contributed by atoms with Gasteiger partial charge >= 0.3 is 5.97 Å². The second kappa shape index (κ2) is 19.0. The minimum absolute atomic E-state index is 0.0435. The molecule has 4 rings (SSSR count). The van der Waals surface area contributed by atoms with Crippen LogP contribution < -0.4 is 0 Å². The van der Waals surface area contributed by atoms with Gasteiger partial charge in [0.1, 0.15) is 6.10 Å². The summed E-state index contributed by atoms with van der Waals surface area (Å²) in [5.74, 6) is 5.28. The van der Waals surface area contributed by atoms with Gasteiger partial charge in [0.05, 0.1) is 0 Å². The summed E-state index contributed by atoms with van der Waals surface area (Å²) in [6.07, 6.45) is 41.7. The van der Waals surface area contributed by atoms with Crippen molar-refractivity contribution in [1.82, 2.24) is 0 Å². The van der Waals surface area contributed by atoms with E-state index in [2.05, 4.69) is 84.1 Å². The highest BCUT2D eigenvalue weighted by Crippen LogP contribution is 2.67. The van der Waals surface area contributed by atoms with Gasteiger partial charge in [-0.3, -0.25) is 4.79 Å². The fourth-order valence-electron chi connectivity index (χ4n) is 10.9. The van der Waals surface area contributed by atoms with Crippen molar-refractivity contribution in [2.45, 2.75) is 182 Å². The number of allylic oxidation sites excluding steroid dienone is 7. The monoisotopic (exact) mass is 647 g/mol. The number of hydrogen-bond acceptors (Lipinski definition) is 2. The Morgan fingerprint density at radius 3 is 2.32 bits per heavy atom. The largest absolute Gasteiger partial charge is 0.462 e. The van der Waals surface area contributed by atoms with Gasteiger partial charge in [-0.1, -0.05) is 128 Å². The lowest BCUT2D eigenvalue weighted by molar-refractivity contribution is -0.151. The third kappa shape index (κ3) is 10.5. The van der Waals surface area contributed by atoms with Crippen LogP contribution >= 0.6 is 0 Å². The van der Waals surface area contributed by atoms with E-state index in [0.29, 0.717) is 17.3 Å². The van der Waals surface area contributed by atoms with Crippen LogP contribution in [0.5, 0.6) is 0 Å². The molecule has 0 bridgehead atoms. The molecular weight excluding hydrogens is 572 g/mol. The van der Waals surface area contributed by atoms with Crippen molar-refractivity contribution in [2.75, 3.05) is 0 Å². The molecular formula is C45H74O2. The first-order valence-corrected chi connectivity index (χ1v) is 20.5. The van der Waals surface area contributed by atoms with Gasteiger partial charge in [0.25, 0.3) is 0 Å². The smallest absolute Gasteiger partial charge is 0.306 e. The summed E-state index contributed by atoms with van der Waals surface area (Å²) in [4.78, 5) is 12.8. The average Bonchev–Trinajstić information content (AvgIpc) is 3.40. The summed E-state index contributed by atoms with van der Waals surface area (Å²) in [5, 5.41) is 0. The number of esters is 1. The molecule has 3 fully saturated rings. The van der Waals surface area contributed by atoms with Gasteiger partial charge in [-0.15, -0.1) is 0 Å². The van der Waals surface area contributed by atoms with E-state index in [0.717, 1.165) is 80.5 Å². The Hall–Kier alpha value is -1.57. The SMILES string of the molecule is CC/C=C\C/C=C\C/C=C\CCCCCCCC(=O)O[C@H]1CC[C@@]2(C)C(=CC[C@@H]3[C@@H]2CC[C@]2(C)C([C@H](C)CCCC(C)C)CC[C@@H]32)C1. The Kier molecular flexibility index (Phi) is 15.4. The molecule has 0 aliphatic heterocycles. The Balaban J connectivity index is 1.13. The van der Waals surface area contributed by atoms with Crippen molar-refractivity contribution in [2.24, 2.45) is 46.3 Å². The van der Waals surface area contributed by atoms with E-state index in [1.54, 1.807) is 5.57 Å². The minimum Gasteiger partial charge on any atom is -0.462 e. The zero-order valence-corrected chi connectivity index (χ0v) is 31.7. The van der Waals surface area contributed by atoms with Gasteiger partial charge < -0.3 is 4.74 Å². The average molecular weight is 647 g/mol. The molecule has 266 valence electrons. The second-order valence-corrected chi connectivity index (χ2v) is 17.2. The van der Waals surface area contributed by atoms with Crippen molar-refractivity contribution >= 4 is 5.97 Å². The van der Waals surface area contributed by atoms with Crippen LogP contribution in [0.4, 0.5) is 0 Å². The van der Waals surface area contributed by atoms with Crippen LogP contribution in [0.3, 0.4) is 0 Å². The molecule has 2 nitrogen and oxygen atoms in total. The normalized spacial score (nSPS) is 32.9. The summed E-state index contributed by atoms with van der Waals surface area (Å²) in [5.41, 5.74) is 2.51. The quantitative estimate of drug-likeness (QED) is 0.0793. The van der Waals surface area contributed by atoms with Crippen LogP contribution in [0.25, 0.3) is 0 Å². The Labute approximate surface area is 291 Å². The number of hydrogen-bond donors (Lipinski definition) is 0. The van der Waals surface area contributed by atoms with E-state index < -0.39 is 0 Å². The van der Waals surface area contributed by atoms with E-state index >= 15 is 0 Å². The van der Waals surface area contributed by atoms with Crippen LogP contribution in [-0.4, -0.2) is 12.1 Å². The number of unbranched alkanes of at least 4 members (excludes halogenated alkanes) is 5. The summed E-state index contributed by atoms with van der Waals surface area (Å²) in [6, 6.07) is 0. The standard InChI is InChI=1S/C45H74O2/c1-7-8-9-10-11-12-13-14-15-16-17-18-19-20-21-25-43(46)47-38-30-32-44(5)37(34-38)26-27-39-41-29-28-40(36(4)24-22-23-35(2)3)45(41,6)33-31-42(39)44/h8-9,11-12,14-15,26,35-36,38-42H,7,10,13,16-25,27-34H2,1-6H3/b9-8-,12-11-,15-14-/t36-,38+,39+,40?,41+,42+,44+,45-/m1/s1. The number of carbonyl (C=O) groups excluding carboxylic acids is 1. The molecule has 2 heteroatoms. The minimum atomic E-state index is 0.0435. The Bertz CT molecular complexity index is 1060. The van der Waals surface area contributed by atoms with Crippen molar-refractivity contribution < 1.29 is 9.53 Å². The zero-order chi connectivity index (χ0) is 33.7. The molecule has 3 saturated carbocycles. The lowest BCUT2D eigenvalue weighted by Crippen LogP contribution is -2.51. The van der Waals surface area contributed by atoms with Gasteiger partial charge in [-0.2, -0.15) is 0 Å². The van der Waals surface area contributed by atoms with Crippen LogP contribution in [-0.2, 0) is 9.53 Å². The Morgan fingerprint density at radius 2 is 1.55 bits per heavy atom. The highest BCUT2D eigenvalue weighted by atomic mass is 16.5. The van der Waals surface area contributed by atoms with Crippen LogP contribution in [0.1, 0.15) is 176 Å². The highest BCUT2D eigenvalue weighted by Gasteiger charge is 2.59. The lowest BCUT2D eigenvalue weighted by atomic mass is 9.47. The van der Waals surface area contributed by atoms with Crippen molar-refractivity contribution in [3.63, 3.8) is 0 Å². The summed E-state index contributed by atoms with van der Waals surface area (Å²) < 4.78 is 6.12. The number of fused-ring (bicyclic) bond motifs is 5. The number of ether oxygens (including phenoxy) is 1. The predicted molar refractivity (Wildman–Crippen MR) is 202 cm³/mol. The third-order valence-electron chi connectivity index (χ3n) is 13.6. The molecule has 8 atom stereocenters. The topological polar surface area (TPSA) is 26.3 Å². The van der Waals surface area contributed by atoms with E-state index in [4.69, 9.17) is 4.74 Å².